The Kier molecular flexibility index (Phi) is 3.83. The molecule has 1 saturated heterocycles. The van der Waals surface area contributed by atoms with Crippen molar-refractivity contribution in [2.45, 2.75) is 53.6 Å². The van der Waals surface area contributed by atoms with E-state index in [1.807, 2.05) is 13.8 Å². The van der Waals surface area contributed by atoms with Crippen LogP contribution in [0.5, 0.6) is 0 Å². The van der Waals surface area contributed by atoms with Gasteiger partial charge >= 0.3 is 128 Å². The van der Waals surface area contributed by atoms with Crippen LogP contribution in [-0.4, -0.2) is 20.4 Å². The third-order valence-corrected chi connectivity index (χ3v) is 9.39. The summed E-state index contributed by atoms with van der Waals surface area (Å²) in [4.78, 5) is 12.1. The average Bonchev–Trinajstić information content (AvgIpc) is 2.34. The minimum atomic E-state index is -0.291. The zero-order valence-electron chi connectivity index (χ0n) is 13.0. The fourth-order valence-electron chi connectivity index (χ4n) is 3.66. The number of alkyl halides is 2. The van der Waals surface area contributed by atoms with Crippen LogP contribution < -0.4 is 21.2 Å². The molecule has 0 aromatic heterocycles. The third kappa shape index (κ3) is 2.26. The number of fused-ring (bicyclic) bond motifs is 2. The van der Waals surface area contributed by atoms with Gasteiger partial charge in [0.25, 0.3) is 0 Å². The van der Waals surface area contributed by atoms with Crippen molar-refractivity contribution in [1.29, 1.82) is 0 Å². The summed E-state index contributed by atoms with van der Waals surface area (Å²) in [7, 11) is 0. The van der Waals surface area contributed by atoms with Gasteiger partial charge in [0.1, 0.15) is 0 Å². The first-order chi connectivity index (χ1) is 8.62. The number of ether oxygens (including phenoxy) is 1. The van der Waals surface area contributed by atoms with Crippen LogP contribution in [0.15, 0.2) is 11.6 Å². The standard InChI is InChI=1S/C16H26IO2/c1-11(2)7-13(18)19-16(6)8-12-9-17-10-15(16,5)14(12,3)4/h7,12H,8-10H2,1-6H3/q-1. The molecule has 0 aromatic carbocycles. The Morgan fingerprint density at radius 2 is 1.89 bits per heavy atom. The minimum absolute atomic E-state index is 0.140. The fraction of sp³-hybridized carbons (Fsp3) is 0.812. The molecule has 0 spiro atoms. The molecule has 2 bridgehead atoms. The van der Waals surface area contributed by atoms with Gasteiger partial charge in [-0.2, -0.15) is 0 Å². The quantitative estimate of drug-likeness (QED) is 0.302. The van der Waals surface area contributed by atoms with E-state index in [0.29, 0.717) is 0 Å². The Morgan fingerprint density at radius 3 is 2.42 bits per heavy atom. The van der Waals surface area contributed by atoms with Crippen molar-refractivity contribution in [2.24, 2.45) is 16.7 Å². The first-order valence-corrected chi connectivity index (χ1v) is 10.1. The number of halogens is 1. The summed E-state index contributed by atoms with van der Waals surface area (Å²) in [6.45, 7) is 13.1. The summed E-state index contributed by atoms with van der Waals surface area (Å²) in [6.07, 6.45) is 2.66. The summed E-state index contributed by atoms with van der Waals surface area (Å²) >= 11 is 0.278. The molecule has 110 valence electrons. The SMILES string of the molecule is CC(C)=CC(=O)OC1(C)CC2C[I-]CC1(C)C2(C)C. The van der Waals surface area contributed by atoms with Crippen LogP contribution in [0.3, 0.4) is 0 Å². The van der Waals surface area contributed by atoms with Crippen molar-refractivity contribution in [2.75, 3.05) is 8.86 Å². The van der Waals surface area contributed by atoms with Gasteiger partial charge in [0.15, 0.2) is 0 Å². The third-order valence-electron chi connectivity index (χ3n) is 5.64. The number of hydrogen-bond donors (Lipinski definition) is 0. The van der Waals surface area contributed by atoms with E-state index in [1.165, 1.54) is 8.86 Å². The molecule has 1 aliphatic carbocycles. The van der Waals surface area contributed by atoms with Crippen molar-refractivity contribution in [1.82, 2.24) is 0 Å². The van der Waals surface area contributed by atoms with Gasteiger partial charge in [0, 0.05) is 0 Å². The molecule has 2 fully saturated rings. The summed E-state index contributed by atoms with van der Waals surface area (Å²) in [6, 6.07) is 0. The van der Waals surface area contributed by atoms with E-state index < -0.39 is 0 Å². The van der Waals surface area contributed by atoms with E-state index in [-0.39, 0.29) is 43.6 Å². The molecule has 2 nitrogen and oxygen atoms in total. The number of allylic oxidation sites excluding steroid dienone is 1. The molecule has 1 heterocycles. The molecule has 1 saturated carbocycles. The average molecular weight is 377 g/mol. The summed E-state index contributed by atoms with van der Waals surface area (Å²) in [5.74, 6) is 0.564. The number of esters is 1. The normalized spacial score (nSPS) is 40.2. The number of rotatable bonds is 2. The van der Waals surface area contributed by atoms with Gasteiger partial charge in [0.2, 0.25) is 0 Å². The Labute approximate surface area is 127 Å². The van der Waals surface area contributed by atoms with E-state index in [4.69, 9.17) is 4.74 Å². The predicted octanol–water partition coefficient (Wildman–Crippen LogP) is 0.410. The van der Waals surface area contributed by atoms with Gasteiger partial charge in [-0.25, -0.2) is 0 Å². The van der Waals surface area contributed by atoms with E-state index in [2.05, 4.69) is 27.7 Å². The maximum absolute atomic E-state index is 12.1. The molecule has 0 radical (unpaired) electrons. The van der Waals surface area contributed by atoms with Gasteiger partial charge in [-0.15, -0.1) is 0 Å². The van der Waals surface area contributed by atoms with Gasteiger partial charge < -0.3 is 0 Å². The van der Waals surface area contributed by atoms with Crippen LogP contribution in [0.4, 0.5) is 0 Å². The van der Waals surface area contributed by atoms with Crippen molar-refractivity contribution in [3.8, 4) is 0 Å². The molecule has 3 unspecified atom stereocenters. The van der Waals surface area contributed by atoms with E-state index >= 15 is 0 Å². The summed E-state index contributed by atoms with van der Waals surface area (Å²) in [5, 5.41) is 0. The van der Waals surface area contributed by atoms with Gasteiger partial charge in [-0.1, -0.05) is 0 Å². The van der Waals surface area contributed by atoms with Crippen LogP contribution >= 0.6 is 0 Å². The van der Waals surface area contributed by atoms with Crippen LogP contribution in [0.1, 0.15) is 48.0 Å². The molecule has 0 aromatic rings. The Bertz CT molecular complexity index is 422. The second kappa shape index (κ2) is 4.74. The molecule has 3 heteroatoms. The Balaban J connectivity index is 2.29. The first-order valence-electron chi connectivity index (χ1n) is 7.04. The van der Waals surface area contributed by atoms with Gasteiger partial charge in [-0.3, -0.25) is 0 Å². The molecule has 0 amide bonds. The fourth-order valence-corrected chi connectivity index (χ4v) is 9.00. The number of carbonyl (C=O) groups is 1. The topological polar surface area (TPSA) is 26.3 Å². The van der Waals surface area contributed by atoms with Crippen molar-refractivity contribution >= 4 is 5.97 Å². The predicted molar refractivity (Wildman–Crippen MR) is 73.7 cm³/mol. The summed E-state index contributed by atoms with van der Waals surface area (Å²) < 4.78 is 8.62. The first kappa shape index (κ1) is 15.3. The van der Waals surface area contributed by atoms with E-state index in [0.717, 1.165) is 17.9 Å². The number of carbonyl (C=O) groups excluding carboxylic acids is 1. The van der Waals surface area contributed by atoms with E-state index in [1.54, 1.807) is 6.08 Å². The molecular formula is C16H26IO2-. The van der Waals surface area contributed by atoms with Crippen LogP contribution in [0, 0.1) is 16.7 Å². The molecule has 0 N–H and O–H groups in total. The second-order valence-electron chi connectivity index (χ2n) is 7.31. The molecule has 3 atom stereocenters. The molecule has 2 aliphatic rings. The van der Waals surface area contributed by atoms with Crippen molar-refractivity contribution in [3.05, 3.63) is 11.6 Å². The molecule has 2 rings (SSSR count). The van der Waals surface area contributed by atoms with Crippen molar-refractivity contribution < 1.29 is 30.7 Å². The Morgan fingerprint density at radius 1 is 1.26 bits per heavy atom. The summed E-state index contributed by atoms with van der Waals surface area (Å²) in [5.41, 5.74) is 1.14. The van der Waals surface area contributed by atoms with Gasteiger partial charge in [0.05, 0.1) is 0 Å². The molecule has 19 heavy (non-hydrogen) atoms. The molecular weight excluding hydrogens is 351 g/mol. The van der Waals surface area contributed by atoms with Crippen LogP contribution in [0.2, 0.25) is 0 Å². The zero-order valence-corrected chi connectivity index (χ0v) is 15.1. The second-order valence-corrected chi connectivity index (χ2v) is 10.0. The zero-order chi connectivity index (χ0) is 14.5. The van der Waals surface area contributed by atoms with Crippen molar-refractivity contribution in [3.63, 3.8) is 0 Å². The maximum atomic E-state index is 12.1. The van der Waals surface area contributed by atoms with E-state index in [9.17, 15) is 4.79 Å². The van der Waals surface area contributed by atoms with Gasteiger partial charge in [-0.05, 0) is 0 Å². The molecule has 1 aliphatic heterocycles. The monoisotopic (exact) mass is 377 g/mol. The number of hydrogen-bond acceptors (Lipinski definition) is 2. The Hall–Kier alpha value is -0.0600. The van der Waals surface area contributed by atoms with Crippen LogP contribution in [-0.2, 0) is 9.53 Å². The van der Waals surface area contributed by atoms with Crippen LogP contribution in [0.25, 0.3) is 0 Å².